The molecule has 1 aromatic heterocycles. The number of nitrogens with zero attached hydrogens (tertiary/aromatic N) is 2. The molecule has 2 aromatic carbocycles. The Morgan fingerprint density at radius 3 is 2.36 bits per heavy atom. The Bertz CT molecular complexity index is 1060. The second-order valence-electron chi connectivity index (χ2n) is 6.31. The SMILES string of the molecule is COC(=O)c1cc(CNC(=O)c2ccc3nc(C)c(C)nc3c2)ccc1OC. The molecular formula is C21H21N3O4. The van der Waals surface area contributed by atoms with Crippen molar-refractivity contribution in [1.29, 1.82) is 0 Å². The van der Waals surface area contributed by atoms with Gasteiger partial charge in [-0.1, -0.05) is 6.07 Å². The van der Waals surface area contributed by atoms with Gasteiger partial charge in [0.1, 0.15) is 11.3 Å². The van der Waals surface area contributed by atoms with Crippen molar-refractivity contribution in [3.8, 4) is 5.75 Å². The van der Waals surface area contributed by atoms with Crippen molar-refractivity contribution in [2.45, 2.75) is 20.4 Å². The molecule has 144 valence electrons. The largest absolute Gasteiger partial charge is 0.496 e. The molecule has 0 aliphatic rings. The molecule has 1 heterocycles. The molecule has 0 saturated carbocycles. The smallest absolute Gasteiger partial charge is 0.341 e. The number of methoxy groups -OCH3 is 2. The molecular weight excluding hydrogens is 358 g/mol. The first-order valence-electron chi connectivity index (χ1n) is 8.71. The van der Waals surface area contributed by atoms with E-state index in [-0.39, 0.29) is 12.5 Å². The third kappa shape index (κ3) is 3.93. The highest BCUT2D eigenvalue weighted by Gasteiger charge is 2.14. The predicted molar refractivity (Wildman–Crippen MR) is 105 cm³/mol. The fourth-order valence-corrected chi connectivity index (χ4v) is 2.79. The molecule has 0 atom stereocenters. The van der Waals surface area contributed by atoms with E-state index in [9.17, 15) is 9.59 Å². The first-order chi connectivity index (χ1) is 13.4. The molecule has 0 saturated heterocycles. The van der Waals surface area contributed by atoms with Gasteiger partial charge in [-0.2, -0.15) is 0 Å². The van der Waals surface area contributed by atoms with Crippen LogP contribution in [0.5, 0.6) is 5.75 Å². The summed E-state index contributed by atoms with van der Waals surface area (Å²) < 4.78 is 9.94. The molecule has 0 spiro atoms. The average Bonchev–Trinajstić information content (AvgIpc) is 2.71. The molecule has 28 heavy (non-hydrogen) atoms. The maximum absolute atomic E-state index is 12.5. The van der Waals surface area contributed by atoms with E-state index in [1.807, 2.05) is 13.8 Å². The number of nitrogens with one attached hydrogen (secondary N) is 1. The number of benzene rings is 2. The van der Waals surface area contributed by atoms with Gasteiger partial charge in [-0.15, -0.1) is 0 Å². The number of aromatic nitrogens is 2. The van der Waals surface area contributed by atoms with Crippen molar-refractivity contribution in [3.05, 3.63) is 64.5 Å². The van der Waals surface area contributed by atoms with Crippen molar-refractivity contribution >= 4 is 22.9 Å². The minimum atomic E-state index is -0.496. The van der Waals surface area contributed by atoms with Gasteiger partial charge in [0, 0.05) is 12.1 Å². The molecule has 0 radical (unpaired) electrons. The van der Waals surface area contributed by atoms with Crippen LogP contribution in [0.15, 0.2) is 36.4 Å². The van der Waals surface area contributed by atoms with Crippen LogP contribution in [0.4, 0.5) is 0 Å². The minimum absolute atomic E-state index is 0.239. The van der Waals surface area contributed by atoms with Crippen LogP contribution in [0, 0.1) is 13.8 Å². The summed E-state index contributed by atoms with van der Waals surface area (Å²) in [6, 6.07) is 10.3. The highest BCUT2D eigenvalue weighted by atomic mass is 16.5. The van der Waals surface area contributed by atoms with Crippen LogP contribution in [0.2, 0.25) is 0 Å². The quantitative estimate of drug-likeness (QED) is 0.686. The molecule has 0 aliphatic carbocycles. The third-order valence-electron chi connectivity index (χ3n) is 4.46. The Morgan fingerprint density at radius 2 is 1.68 bits per heavy atom. The van der Waals surface area contributed by atoms with Gasteiger partial charge in [0.05, 0.1) is 36.6 Å². The summed E-state index contributed by atoms with van der Waals surface area (Å²) >= 11 is 0. The minimum Gasteiger partial charge on any atom is -0.496 e. The number of fused-ring (bicyclic) bond motifs is 1. The molecule has 1 amide bonds. The number of aryl methyl sites for hydroxylation is 2. The second-order valence-corrected chi connectivity index (χ2v) is 6.31. The summed E-state index contributed by atoms with van der Waals surface area (Å²) in [5, 5.41) is 2.85. The molecule has 1 N–H and O–H groups in total. The van der Waals surface area contributed by atoms with Crippen molar-refractivity contribution in [3.63, 3.8) is 0 Å². The van der Waals surface area contributed by atoms with E-state index in [0.29, 0.717) is 22.4 Å². The zero-order chi connectivity index (χ0) is 20.3. The van der Waals surface area contributed by atoms with E-state index in [2.05, 4.69) is 15.3 Å². The molecule has 7 nitrogen and oxygen atoms in total. The van der Waals surface area contributed by atoms with Gasteiger partial charge >= 0.3 is 5.97 Å². The third-order valence-corrected chi connectivity index (χ3v) is 4.46. The zero-order valence-electron chi connectivity index (χ0n) is 16.2. The lowest BCUT2D eigenvalue weighted by Gasteiger charge is -2.10. The van der Waals surface area contributed by atoms with Crippen molar-refractivity contribution < 1.29 is 19.1 Å². The molecule has 0 unspecified atom stereocenters. The Kier molecular flexibility index (Phi) is 5.54. The lowest BCUT2D eigenvalue weighted by atomic mass is 10.1. The number of carbonyl (C=O) groups excluding carboxylic acids is 2. The highest BCUT2D eigenvalue weighted by Crippen LogP contribution is 2.21. The van der Waals surface area contributed by atoms with Gasteiger partial charge in [-0.05, 0) is 49.7 Å². The van der Waals surface area contributed by atoms with E-state index < -0.39 is 5.97 Å². The number of hydrogen-bond acceptors (Lipinski definition) is 6. The van der Waals surface area contributed by atoms with Crippen LogP contribution in [-0.4, -0.2) is 36.1 Å². The van der Waals surface area contributed by atoms with Gasteiger partial charge in [0.25, 0.3) is 5.91 Å². The summed E-state index contributed by atoms with van der Waals surface area (Å²) in [5.41, 5.74) is 4.67. The first-order valence-corrected chi connectivity index (χ1v) is 8.71. The van der Waals surface area contributed by atoms with E-state index in [1.165, 1.54) is 14.2 Å². The molecule has 0 fully saturated rings. The second kappa shape index (κ2) is 8.04. The van der Waals surface area contributed by atoms with E-state index >= 15 is 0 Å². The molecule has 0 aliphatic heterocycles. The number of esters is 1. The summed E-state index contributed by atoms with van der Waals surface area (Å²) in [6.07, 6.45) is 0. The van der Waals surface area contributed by atoms with Crippen LogP contribution in [0.25, 0.3) is 11.0 Å². The van der Waals surface area contributed by atoms with E-state index in [1.54, 1.807) is 36.4 Å². The summed E-state index contributed by atoms with van der Waals surface area (Å²) in [4.78, 5) is 33.4. The van der Waals surface area contributed by atoms with Crippen molar-refractivity contribution in [2.75, 3.05) is 14.2 Å². The Hall–Kier alpha value is -3.48. The normalized spacial score (nSPS) is 10.6. The fourth-order valence-electron chi connectivity index (χ4n) is 2.79. The van der Waals surface area contributed by atoms with Crippen LogP contribution in [-0.2, 0) is 11.3 Å². The van der Waals surface area contributed by atoms with Crippen LogP contribution >= 0.6 is 0 Å². The van der Waals surface area contributed by atoms with Crippen LogP contribution < -0.4 is 10.1 Å². The topological polar surface area (TPSA) is 90.4 Å². The van der Waals surface area contributed by atoms with E-state index in [0.717, 1.165) is 22.5 Å². The molecule has 3 rings (SSSR count). The number of amides is 1. The lowest BCUT2D eigenvalue weighted by Crippen LogP contribution is -2.23. The van der Waals surface area contributed by atoms with Gasteiger partial charge in [-0.3, -0.25) is 4.79 Å². The average molecular weight is 379 g/mol. The standard InChI is InChI=1S/C21H21N3O4/c1-12-13(2)24-18-10-15(6-7-17(18)23-12)20(25)22-11-14-5-8-19(27-3)16(9-14)21(26)28-4/h5-10H,11H2,1-4H3,(H,22,25). The van der Waals surface area contributed by atoms with E-state index in [4.69, 9.17) is 9.47 Å². The van der Waals surface area contributed by atoms with Crippen molar-refractivity contribution in [1.82, 2.24) is 15.3 Å². The predicted octanol–water partition coefficient (Wildman–Crippen LogP) is 2.97. The summed E-state index contributed by atoms with van der Waals surface area (Å²) in [5.74, 6) is -0.318. The highest BCUT2D eigenvalue weighted by molar-refractivity contribution is 5.97. The molecule has 7 heteroatoms. The Morgan fingerprint density at radius 1 is 0.964 bits per heavy atom. The van der Waals surface area contributed by atoms with Gasteiger partial charge in [0.15, 0.2) is 0 Å². The lowest BCUT2D eigenvalue weighted by molar-refractivity contribution is 0.0597. The monoisotopic (exact) mass is 379 g/mol. The zero-order valence-corrected chi connectivity index (χ0v) is 16.2. The first kappa shape index (κ1) is 19.3. The summed E-state index contributed by atoms with van der Waals surface area (Å²) in [7, 11) is 2.79. The summed E-state index contributed by atoms with van der Waals surface area (Å²) in [6.45, 7) is 4.04. The van der Waals surface area contributed by atoms with Crippen LogP contribution in [0.3, 0.4) is 0 Å². The number of rotatable bonds is 5. The Labute approximate surface area is 162 Å². The number of hydrogen-bond donors (Lipinski definition) is 1. The number of carbonyl (C=O) groups is 2. The van der Waals surface area contributed by atoms with Gasteiger partial charge in [-0.25, -0.2) is 14.8 Å². The maximum atomic E-state index is 12.5. The fraction of sp³-hybridized carbons (Fsp3) is 0.238. The molecule has 3 aromatic rings. The number of ether oxygens (including phenoxy) is 2. The van der Waals surface area contributed by atoms with Gasteiger partial charge in [0.2, 0.25) is 0 Å². The van der Waals surface area contributed by atoms with Crippen molar-refractivity contribution in [2.24, 2.45) is 0 Å². The maximum Gasteiger partial charge on any atom is 0.341 e. The Balaban J connectivity index is 1.77. The van der Waals surface area contributed by atoms with Crippen LogP contribution in [0.1, 0.15) is 37.7 Å². The molecule has 0 bridgehead atoms. The van der Waals surface area contributed by atoms with Gasteiger partial charge < -0.3 is 14.8 Å².